The lowest BCUT2D eigenvalue weighted by Crippen LogP contribution is -2.10. The number of halogens is 5. The molecule has 0 bridgehead atoms. The van der Waals surface area contributed by atoms with Crippen LogP contribution in [0.25, 0.3) is 0 Å². The first-order valence-electron chi connectivity index (χ1n) is 4.91. The Morgan fingerprint density at radius 1 is 1.24 bits per heavy atom. The third-order valence-electron chi connectivity index (χ3n) is 2.34. The summed E-state index contributed by atoms with van der Waals surface area (Å²) in [4.78, 5) is 0. The minimum atomic E-state index is -4.24. The van der Waals surface area contributed by atoms with Gasteiger partial charge in [0.25, 0.3) is 0 Å². The number of hydrogen-bond donors (Lipinski definition) is 1. The summed E-state index contributed by atoms with van der Waals surface area (Å²) in [6.45, 7) is 1.86. The monoisotopic (exact) mass is 374 g/mol. The molecule has 6 heteroatoms. The summed E-state index contributed by atoms with van der Waals surface area (Å²) in [6, 6.07) is 3.40. The van der Waals surface area contributed by atoms with Crippen LogP contribution in [0.2, 0.25) is 0 Å². The van der Waals surface area contributed by atoms with Crippen molar-refractivity contribution in [3.63, 3.8) is 0 Å². The quantitative estimate of drug-likeness (QED) is 0.796. The van der Waals surface area contributed by atoms with Gasteiger partial charge in [-0.25, -0.2) is 0 Å². The molecule has 17 heavy (non-hydrogen) atoms. The van der Waals surface area contributed by atoms with Crippen LogP contribution in [-0.4, -0.2) is 11.3 Å². The van der Waals surface area contributed by atoms with E-state index >= 15 is 0 Å². The minimum Gasteiger partial charge on any atom is -0.388 e. The van der Waals surface area contributed by atoms with Gasteiger partial charge in [-0.05, 0) is 36.6 Å². The molecule has 0 spiro atoms. The Hall–Kier alpha value is -0.0700. The van der Waals surface area contributed by atoms with E-state index in [1.807, 2.05) is 6.92 Å². The maximum Gasteiger partial charge on any atom is 0.389 e. The van der Waals surface area contributed by atoms with E-state index in [0.29, 0.717) is 10.0 Å². The van der Waals surface area contributed by atoms with E-state index in [-0.39, 0.29) is 6.42 Å². The van der Waals surface area contributed by atoms with Crippen molar-refractivity contribution in [2.45, 2.75) is 32.0 Å². The number of hydrogen-bond acceptors (Lipinski definition) is 1. The largest absolute Gasteiger partial charge is 0.389 e. The molecule has 1 nitrogen and oxygen atoms in total. The molecule has 0 aliphatic carbocycles. The lowest BCUT2D eigenvalue weighted by atomic mass is 10.0. The van der Waals surface area contributed by atoms with Crippen LogP contribution in [0.15, 0.2) is 21.1 Å². The summed E-state index contributed by atoms with van der Waals surface area (Å²) in [5, 5.41) is 9.73. The molecule has 1 aromatic rings. The molecule has 0 aliphatic rings. The van der Waals surface area contributed by atoms with E-state index in [1.165, 1.54) is 0 Å². The number of aliphatic hydroxyl groups is 1. The normalized spacial score (nSPS) is 13.8. The van der Waals surface area contributed by atoms with Gasteiger partial charge in [0.1, 0.15) is 0 Å². The first-order chi connectivity index (χ1) is 7.70. The van der Waals surface area contributed by atoms with Crippen molar-refractivity contribution in [1.82, 2.24) is 0 Å². The molecule has 0 amide bonds. The van der Waals surface area contributed by atoms with Gasteiger partial charge in [-0.2, -0.15) is 13.2 Å². The third-order valence-corrected chi connectivity index (χ3v) is 3.88. The molecular weight excluding hydrogens is 365 g/mol. The number of benzene rings is 1. The van der Waals surface area contributed by atoms with E-state index in [0.717, 1.165) is 10.0 Å². The number of aliphatic hydroxyl groups excluding tert-OH is 1. The molecule has 96 valence electrons. The van der Waals surface area contributed by atoms with E-state index in [4.69, 9.17) is 0 Å². The van der Waals surface area contributed by atoms with Crippen LogP contribution in [0.3, 0.4) is 0 Å². The summed E-state index contributed by atoms with van der Waals surface area (Å²) >= 11 is 6.53. The van der Waals surface area contributed by atoms with Gasteiger partial charge in [-0.3, -0.25) is 0 Å². The van der Waals surface area contributed by atoms with Gasteiger partial charge in [0.05, 0.1) is 6.10 Å². The zero-order valence-corrected chi connectivity index (χ0v) is 12.2. The lowest BCUT2D eigenvalue weighted by molar-refractivity contribution is -0.140. The second kappa shape index (κ2) is 5.71. The molecular formula is C11H11Br2F3O. The fraction of sp³-hybridized carbons (Fsp3) is 0.455. The van der Waals surface area contributed by atoms with E-state index in [9.17, 15) is 18.3 Å². The van der Waals surface area contributed by atoms with Crippen LogP contribution in [0, 0.1) is 6.92 Å². The van der Waals surface area contributed by atoms with E-state index < -0.39 is 18.7 Å². The molecule has 1 atom stereocenters. The Morgan fingerprint density at radius 2 is 1.82 bits per heavy atom. The van der Waals surface area contributed by atoms with Crippen molar-refractivity contribution in [3.05, 3.63) is 32.2 Å². The lowest BCUT2D eigenvalue weighted by Gasteiger charge is -2.15. The van der Waals surface area contributed by atoms with Crippen LogP contribution >= 0.6 is 31.9 Å². The van der Waals surface area contributed by atoms with Crippen molar-refractivity contribution in [1.29, 1.82) is 0 Å². The summed E-state index contributed by atoms with van der Waals surface area (Å²) in [5.74, 6) is 0. The van der Waals surface area contributed by atoms with Crippen LogP contribution in [0.5, 0.6) is 0 Å². The Labute approximate surface area is 114 Å². The molecule has 1 aromatic carbocycles. The second-order valence-corrected chi connectivity index (χ2v) is 5.50. The maximum atomic E-state index is 12.0. The fourth-order valence-corrected chi connectivity index (χ4v) is 2.46. The topological polar surface area (TPSA) is 20.2 Å². The smallest absolute Gasteiger partial charge is 0.388 e. The first kappa shape index (κ1) is 15.0. The molecule has 1 N–H and O–H groups in total. The van der Waals surface area contributed by atoms with Crippen LogP contribution in [-0.2, 0) is 0 Å². The summed E-state index contributed by atoms with van der Waals surface area (Å²) < 4.78 is 37.5. The van der Waals surface area contributed by atoms with Gasteiger partial charge in [-0.1, -0.05) is 31.9 Å². The van der Waals surface area contributed by atoms with Crippen molar-refractivity contribution in [2.75, 3.05) is 0 Å². The predicted octanol–water partition coefficient (Wildman–Crippen LogP) is 4.90. The van der Waals surface area contributed by atoms with E-state index in [1.54, 1.807) is 12.1 Å². The average molecular weight is 376 g/mol. The Balaban J connectivity index is 2.82. The van der Waals surface area contributed by atoms with Crippen molar-refractivity contribution >= 4 is 31.9 Å². The molecule has 1 unspecified atom stereocenters. The number of rotatable bonds is 3. The van der Waals surface area contributed by atoms with Gasteiger partial charge >= 0.3 is 6.18 Å². The Morgan fingerprint density at radius 3 is 2.35 bits per heavy atom. The van der Waals surface area contributed by atoms with Crippen LogP contribution in [0.1, 0.15) is 30.1 Å². The van der Waals surface area contributed by atoms with Gasteiger partial charge in [0.2, 0.25) is 0 Å². The van der Waals surface area contributed by atoms with Crippen molar-refractivity contribution < 1.29 is 18.3 Å². The second-order valence-electron chi connectivity index (χ2n) is 3.79. The maximum absolute atomic E-state index is 12.0. The minimum absolute atomic E-state index is 0.336. The molecule has 0 aromatic heterocycles. The highest BCUT2D eigenvalue weighted by Gasteiger charge is 2.28. The summed E-state index contributed by atoms with van der Waals surface area (Å²) in [5.41, 5.74) is 1.41. The average Bonchev–Trinajstić information content (AvgIpc) is 2.19. The van der Waals surface area contributed by atoms with Crippen LogP contribution in [0.4, 0.5) is 13.2 Å². The third kappa shape index (κ3) is 4.60. The highest BCUT2D eigenvalue weighted by Crippen LogP contribution is 2.33. The van der Waals surface area contributed by atoms with Gasteiger partial charge in [-0.15, -0.1) is 0 Å². The van der Waals surface area contributed by atoms with Gasteiger partial charge < -0.3 is 5.11 Å². The summed E-state index contributed by atoms with van der Waals surface area (Å²) in [7, 11) is 0. The van der Waals surface area contributed by atoms with Crippen molar-refractivity contribution in [2.24, 2.45) is 0 Å². The Kier molecular flexibility index (Phi) is 5.04. The SMILES string of the molecule is Cc1cc(Br)c(C(O)CCC(F)(F)F)cc1Br. The highest BCUT2D eigenvalue weighted by molar-refractivity contribution is 9.11. The van der Waals surface area contributed by atoms with Gasteiger partial charge in [0, 0.05) is 15.4 Å². The number of alkyl halides is 3. The molecule has 0 radical (unpaired) electrons. The molecule has 0 fully saturated rings. The Bertz CT molecular complexity index is 404. The van der Waals surface area contributed by atoms with Crippen molar-refractivity contribution in [3.8, 4) is 0 Å². The first-order valence-corrected chi connectivity index (χ1v) is 6.49. The standard InChI is InChI=1S/C11H11Br2F3O/c1-6-4-9(13)7(5-8(6)12)10(17)2-3-11(14,15)16/h4-5,10,17H,2-3H2,1H3. The molecule has 0 saturated heterocycles. The molecule has 0 saturated carbocycles. The summed E-state index contributed by atoms with van der Waals surface area (Å²) in [6.07, 6.45) is -6.69. The predicted molar refractivity (Wildman–Crippen MR) is 66.8 cm³/mol. The molecule has 0 aliphatic heterocycles. The van der Waals surface area contributed by atoms with Crippen LogP contribution < -0.4 is 0 Å². The zero-order valence-electron chi connectivity index (χ0n) is 8.98. The molecule has 0 heterocycles. The highest BCUT2D eigenvalue weighted by atomic mass is 79.9. The number of aryl methyl sites for hydroxylation is 1. The fourth-order valence-electron chi connectivity index (χ4n) is 1.37. The van der Waals surface area contributed by atoms with Gasteiger partial charge in [0.15, 0.2) is 0 Å². The molecule has 1 rings (SSSR count). The van der Waals surface area contributed by atoms with E-state index in [2.05, 4.69) is 31.9 Å². The zero-order chi connectivity index (χ0) is 13.2.